The van der Waals surface area contributed by atoms with Crippen LogP contribution in [0.25, 0.3) is 0 Å². The van der Waals surface area contributed by atoms with Crippen molar-refractivity contribution < 1.29 is 32.0 Å². The fourth-order valence-corrected chi connectivity index (χ4v) is 2.54. The molecule has 25 heavy (non-hydrogen) atoms. The number of benzene rings is 1. The van der Waals surface area contributed by atoms with Crippen molar-refractivity contribution in [2.24, 2.45) is 0 Å². The normalized spacial score (nSPS) is 15.6. The third kappa shape index (κ3) is 9.21. The summed E-state index contributed by atoms with van der Waals surface area (Å²) >= 11 is 0. The maximum Gasteiger partial charge on any atom is 0.348 e. The zero-order chi connectivity index (χ0) is 18.9. The van der Waals surface area contributed by atoms with Gasteiger partial charge in [0.2, 0.25) is 0 Å². The van der Waals surface area contributed by atoms with Gasteiger partial charge in [0.25, 0.3) is 10.1 Å². The zero-order valence-corrected chi connectivity index (χ0v) is 15.3. The van der Waals surface area contributed by atoms with Crippen LogP contribution in [-0.4, -0.2) is 31.0 Å². The Bertz CT molecular complexity index is 665. The molecule has 1 aromatic carbocycles. The molecule has 0 aliphatic carbocycles. The van der Waals surface area contributed by atoms with E-state index in [1.54, 1.807) is 0 Å². The summed E-state index contributed by atoms with van der Waals surface area (Å²) in [6, 6.07) is 4.86. The van der Waals surface area contributed by atoms with Crippen molar-refractivity contribution in [3.05, 3.63) is 24.3 Å². The summed E-state index contributed by atoms with van der Waals surface area (Å²) in [5.74, 6) is -0.269. The lowest BCUT2D eigenvalue weighted by Crippen LogP contribution is -2.02. The van der Waals surface area contributed by atoms with Gasteiger partial charge in [-0.15, -0.1) is 0 Å². The van der Waals surface area contributed by atoms with E-state index in [0.29, 0.717) is 0 Å². The molecule has 0 saturated carbocycles. The second kappa shape index (κ2) is 10.1. The van der Waals surface area contributed by atoms with E-state index in [1.807, 2.05) is 0 Å². The number of unbranched alkanes of at least 4 members (excludes halogenated alkanes) is 4. The van der Waals surface area contributed by atoms with E-state index in [0.717, 1.165) is 25.0 Å². The van der Waals surface area contributed by atoms with E-state index < -0.39 is 16.1 Å². The third-order valence-corrected chi connectivity index (χ3v) is 4.28. The van der Waals surface area contributed by atoms with Gasteiger partial charge in [-0.2, -0.15) is 8.42 Å². The van der Waals surface area contributed by atoms with Crippen LogP contribution in [0.1, 0.15) is 52.4 Å². The highest BCUT2D eigenvalue weighted by Crippen LogP contribution is 2.19. The lowest BCUT2D eigenvalue weighted by molar-refractivity contribution is -0.131. The van der Waals surface area contributed by atoms with E-state index in [-0.39, 0.29) is 22.7 Å². The average Bonchev–Trinajstić information content (AvgIpc) is 3.22. The lowest BCUT2D eigenvalue weighted by atomic mass is 10.1. The van der Waals surface area contributed by atoms with E-state index in [9.17, 15) is 18.0 Å². The number of ether oxygens (including phenoxy) is 2. The van der Waals surface area contributed by atoms with Crippen LogP contribution in [0.15, 0.2) is 29.2 Å². The number of epoxide rings is 1. The summed E-state index contributed by atoms with van der Waals surface area (Å²) in [4.78, 5) is 20.6. The first-order valence-electron chi connectivity index (χ1n) is 8.20. The number of cyclic esters (lactones) is 1. The monoisotopic (exact) mass is 372 g/mol. The molecule has 2 rings (SSSR count). The first-order valence-corrected chi connectivity index (χ1v) is 9.64. The lowest BCUT2D eigenvalue weighted by Gasteiger charge is -2.01. The van der Waals surface area contributed by atoms with Crippen LogP contribution < -0.4 is 4.74 Å². The molecule has 1 heterocycles. The van der Waals surface area contributed by atoms with E-state index in [1.165, 1.54) is 44.7 Å². The largest absolute Gasteiger partial charge is 0.448 e. The minimum absolute atomic E-state index is 0.000455. The van der Waals surface area contributed by atoms with Crippen LogP contribution in [0, 0.1) is 0 Å². The predicted molar refractivity (Wildman–Crippen MR) is 90.8 cm³/mol. The fourth-order valence-electron chi connectivity index (χ4n) is 2.06. The first kappa shape index (κ1) is 21.1. The molecule has 0 spiro atoms. The van der Waals surface area contributed by atoms with E-state index >= 15 is 0 Å². The molecule has 1 atom stereocenters. The third-order valence-electron chi connectivity index (χ3n) is 3.42. The molecule has 1 N–H and O–H groups in total. The molecule has 7 nitrogen and oxygen atoms in total. The number of carbonyl (C=O) groups is 2. The highest BCUT2D eigenvalue weighted by Gasteiger charge is 2.36. The maximum absolute atomic E-state index is 10.6. The molecule has 1 unspecified atom stereocenters. The number of carbonyl (C=O) groups excluding carboxylic acids is 2. The van der Waals surface area contributed by atoms with Gasteiger partial charge in [0.1, 0.15) is 5.75 Å². The number of hydrogen-bond acceptors (Lipinski definition) is 6. The van der Waals surface area contributed by atoms with Crippen LogP contribution in [0.3, 0.4) is 0 Å². The predicted octanol–water partition coefficient (Wildman–Crippen LogP) is 3.13. The summed E-state index contributed by atoms with van der Waals surface area (Å²) in [7, 11) is -4.19. The molecular weight excluding hydrogens is 348 g/mol. The van der Waals surface area contributed by atoms with Crippen LogP contribution in [0.2, 0.25) is 0 Å². The van der Waals surface area contributed by atoms with Gasteiger partial charge in [0.15, 0.2) is 6.10 Å². The van der Waals surface area contributed by atoms with Gasteiger partial charge in [-0.05, 0) is 37.1 Å². The van der Waals surface area contributed by atoms with Gasteiger partial charge in [0, 0.05) is 6.92 Å². The molecule has 0 aromatic heterocycles. The quantitative estimate of drug-likeness (QED) is 0.245. The van der Waals surface area contributed by atoms with Gasteiger partial charge in [0.05, 0.1) is 4.90 Å². The van der Waals surface area contributed by atoms with Crippen LogP contribution in [0.5, 0.6) is 5.75 Å². The molecule has 0 amide bonds. The molecule has 1 fully saturated rings. The van der Waals surface area contributed by atoms with E-state index in [4.69, 9.17) is 4.55 Å². The Kier molecular flexibility index (Phi) is 8.57. The van der Waals surface area contributed by atoms with Crippen LogP contribution in [0.4, 0.5) is 0 Å². The van der Waals surface area contributed by atoms with Crippen molar-refractivity contribution in [3.8, 4) is 5.75 Å². The minimum Gasteiger partial charge on any atom is -0.448 e. The summed E-state index contributed by atoms with van der Waals surface area (Å²) < 4.78 is 39.2. The standard InChI is InChI=1S/C9H16O2.C8H8O5S/c1-2-3-4-5-6-7-8-9(10)11-8;1-6(9)13-7-2-4-8(5-3-7)14(10,11)12/h8H,2-7H2,1H3;2-5H,1H3,(H,10,11,12). The number of hydrogen-bond donors (Lipinski definition) is 1. The Morgan fingerprint density at radius 3 is 2.16 bits per heavy atom. The van der Waals surface area contributed by atoms with Crippen molar-refractivity contribution in [2.45, 2.75) is 63.4 Å². The summed E-state index contributed by atoms with van der Waals surface area (Å²) in [5.41, 5.74) is 0. The van der Waals surface area contributed by atoms with Gasteiger partial charge < -0.3 is 9.47 Å². The van der Waals surface area contributed by atoms with Crippen molar-refractivity contribution in [1.29, 1.82) is 0 Å². The smallest absolute Gasteiger partial charge is 0.348 e. The summed E-state index contributed by atoms with van der Waals surface area (Å²) in [5, 5.41) is 0. The number of rotatable bonds is 8. The highest BCUT2D eigenvalue weighted by atomic mass is 32.2. The average molecular weight is 372 g/mol. The Balaban J connectivity index is 0.000000257. The summed E-state index contributed by atoms with van der Waals surface area (Å²) in [6.07, 6.45) is 7.23. The molecule has 1 saturated heterocycles. The minimum atomic E-state index is -4.19. The Morgan fingerprint density at radius 1 is 1.16 bits per heavy atom. The van der Waals surface area contributed by atoms with Crippen molar-refractivity contribution in [1.82, 2.24) is 0 Å². The Labute approximate surface area is 148 Å². The molecule has 1 aromatic rings. The molecule has 140 valence electrons. The molecule has 1 aliphatic rings. The Morgan fingerprint density at radius 2 is 1.72 bits per heavy atom. The molecule has 0 radical (unpaired) electrons. The second-order valence-electron chi connectivity index (χ2n) is 5.67. The SMILES string of the molecule is CC(=O)Oc1ccc(S(=O)(=O)O)cc1.CCCCCCCC1OC1=O. The second-order valence-corrected chi connectivity index (χ2v) is 7.09. The molecule has 0 bridgehead atoms. The topological polar surface area (TPSA) is 110 Å². The highest BCUT2D eigenvalue weighted by molar-refractivity contribution is 7.85. The Hall–Kier alpha value is -1.93. The molecule has 8 heteroatoms. The maximum atomic E-state index is 10.6. The molecule has 1 aliphatic heterocycles. The first-order chi connectivity index (χ1) is 11.7. The van der Waals surface area contributed by atoms with Gasteiger partial charge >= 0.3 is 11.9 Å². The van der Waals surface area contributed by atoms with Crippen molar-refractivity contribution in [3.63, 3.8) is 0 Å². The van der Waals surface area contributed by atoms with Crippen LogP contribution >= 0.6 is 0 Å². The summed E-state index contributed by atoms with van der Waals surface area (Å²) in [6.45, 7) is 3.43. The van der Waals surface area contributed by atoms with E-state index in [2.05, 4.69) is 16.4 Å². The van der Waals surface area contributed by atoms with Gasteiger partial charge in [-0.25, -0.2) is 4.79 Å². The number of esters is 1. The van der Waals surface area contributed by atoms with Crippen molar-refractivity contribution in [2.75, 3.05) is 0 Å². The van der Waals surface area contributed by atoms with Gasteiger partial charge in [-0.1, -0.05) is 32.6 Å². The van der Waals surface area contributed by atoms with Crippen LogP contribution in [-0.2, 0) is 24.4 Å². The fraction of sp³-hybridized carbons (Fsp3) is 0.529. The zero-order valence-electron chi connectivity index (χ0n) is 14.4. The van der Waals surface area contributed by atoms with Gasteiger partial charge in [-0.3, -0.25) is 9.35 Å². The molecular formula is C17H24O7S. The van der Waals surface area contributed by atoms with Crippen molar-refractivity contribution >= 4 is 22.1 Å².